The zero-order valence-electron chi connectivity index (χ0n) is 34.4. The molecule has 0 amide bonds. The number of benzene rings is 8. The van der Waals surface area contributed by atoms with Gasteiger partial charge in [0, 0.05) is 55.6 Å². The highest BCUT2D eigenvalue weighted by molar-refractivity contribution is 6.32. The normalized spacial score (nSPS) is 11.8. The first-order chi connectivity index (χ1) is 31.6. The predicted molar refractivity (Wildman–Crippen MR) is 254 cm³/mol. The first kappa shape index (κ1) is 38.2. The lowest BCUT2D eigenvalue weighted by Crippen LogP contribution is -2.22. The Kier molecular flexibility index (Phi) is 9.71. The van der Waals surface area contributed by atoms with E-state index in [9.17, 15) is 4.79 Å². The van der Waals surface area contributed by atoms with Gasteiger partial charge in [0.05, 0.1) is 22.8 Å². The first-order valence-electron chi connectivity index (χ1n) is 21.1. The summed E-state index contributed by atoms with van der Waals surface area (Å²) in [5.41, 5.74) is 13.0. The number of carbonyl (C=O) groups is 2. The maximum Gasteiger partial charge on any atom is 0.195 e. The second-order valence-corrected chi connectivity index (χ2v) is 15.7. The van der Waals surface area contributed by atoms with E-state index in [4.69, 9.17) is 19.9 Å². The van der Waals surface area contributed by atoms with Crippen LogP contribution < -0.4 is 0 Å². The van der Waals surface area contributed by atoms with Gasteiger partial charge in [0.15, 0.2) is 23.2 Å². The molecule has 8 aromatic carbocycles. The van der Waals surface area contributed by atoms with Crippen LogP contribution in [0, 0.1) is 0 Å². The molecular weight excluding hydrogens is 785 g/mol. The van der Waals surface area contributed by atoms with Gasteiger partial charge in [-0.2, -0.15) is 0 Å². The van der Waals surface area contributed by atoms with Crippen LogP contribution in [-0.4, -0.2) is 31.5 Å². The van der Waals surface area contributed by atoms with Gasteiger partial charge in [0.25, 0.3) is 0 Å². The lowest BCUT2D eigenvalue weighted by Gasteiger charge is -2.23. The highest BCUT2D eigenvalue weighted by Gasteiger charge is 2.34. The molecule has 0 atom stereocenters. The average Bonchev–Trinajstić information content (AvgIpc) is 3.38. The number of hydrogen-bond acceptors (Lipinski definition) is 6. The molecule has 0 bridgehead atoms. The van der Waals surface area contributed by atoms with Crippen molar-refractivity contribution in [3.63, 3.8) is 0 Å². The average molecular weight is 821 g/mol. The standard InChI is InChI=1S/C58H36N4O2/c63-55-47-31-15-29-45(41-25-13-27-43(33-41)57-59-49(37-17-5-1-6-18-37)35-50(60-57)38-19-7-2-8-20-38)53(47)56(64)54-46(30-16-32-48(54)55)42-26-14-28-44(34-42)58-61-51(39-21-9-3-10-22-39)36-52(62-58)40-23-11-4-12-24-40/h1-36H. The molecule has 0 fully saturated rings. The minimum Gasteiger partial charge on any atom is -0.289 e. The van der Waals surface area contributed by atoms with Crippen LogP contribution in [0.15, 0.2) is 218 Å². The molecule has 10 aromatic rings. The summed E-state index contributed by atoms with van der Waals surface area (Å²) in [5.74, 6) is 0.694. The van der Waals surface area contributed by atoms with Crippen molar-refractivity contribution in [3.05, 3.63) is 241 Å². The fourth-order valence-electron chi connectivity index (χ4n) is 8.56. The lowest BCUT2D eigenvalue weighted by molar-refractivity contribution is 0.0980. The van der Waals surface area contributed by atoms with Gasteiger partial charge < -0.3 is 0 Å². The zero-order valence-corrected chi connectivity index (χ0v) is 34.4. The highest BCUT2D eigenvalue weighted by Crippen LogP contribution is 2.40. The summed E-state index contributed by atoms with van der Waals surface area (Å²) in [6, 6.07) is 71.1. The van der Waals surface area contributed by atoms with Crippen molar-refractivity contribution in [2.24, 2.45) is 0 Å². The van der Waals surface area contributed by atoms with Crippen LogP contribution in [0.5, 0.6) is 0 Å². The molecule has 1 aliphatic carbocycles. The fraction of sp³-hybridized carbons (Fsp3) is 0. The van der Waals surface area contributed by atoms with Crippen LogP contribution in [0.3, 0.4) is 0 Å². The van der Waals surface area contributed by atoms with E-state index in [2.05, 4.69) is 0 Å². The van der Waals surface area contributed by atoms with Crippen LogP contribution in [0.25, 0.3) is 90.1 Å². The fourth-order valence-corrected chi connectivity index (χ4v) is 8.56. The van der Waals surface area contributed by atoms with Gasteiger partial charge in [-0.3, -0.25) is 9.59 Å². The quantitative estimate of drug-likeness (QED) is 0.152. The van der Waals surface area contributed by atoms with Gasteiger partial charge in [-0.15, -0.1) is 0 Å². The van der Waals surface area contributed by atoms with Crippen molar-refractivity contribution in [1.82, 2.24) is 19.9 Å². The summed E-state index contributed by atoms with van der Waals surface area (Å²) in [6.07, 6.45) is 0. The molecule has 1 aliphatic rings. The Morgan fingerprint density at radius 2 is 0.516 bits per heavy atom. The van der Waals surface area contributed by atoms with Crippen LogP contribution in [0.2, 0.25) is 0 Å². The number of ketones is 2. The molecule has 0 aliphatic heterocycles. The van der Waals surface area contributed by atoms with Crippen LogP contribution in [0.1, 0.15) is 31.8 Å². The third kappa shape index (κ3) is 7.09. The van der Waals surface area contributed by atoms with Crippen molar-refractivity contribution >= 4 is 11.6 Å². The Morgan fingerprint density at radius 1 is 0.234 bits per heavy atom. The first-order valence-corrected chi connectivity index (χ1v) is 21.1. The summed E-state index contributed by atoms with van der Waals surface area (Å²) in [5, 5.41) is 0. The highest BCUT2D eigenvalue weighted by atomic mass is 16.1. The van der Waals surface area contributed by atoms with Gasteiger partial charge in [-0.25, -0.2) is 19.9 Å². The summed E-state index contributed by atoms with van der Waals surface area (Å²) in [6.45, 7) is 0. The topological polar surface area (TPSA) is 85.7 Å². The van der Waals surface area contributed by atoms with Gasteiger partial charge in [-0.05, 0) is 46.5 Å². The number of fused-ring (bicyclic) bond motifs is 2. The van der Waals surface area contributed by atoms with E-state index >= 15 is 4.79 Å². The second-order valence-electron chi connectivity index (χ2n) is 15.7. The largest absolute Gasteiger partial charge is 0.289 e. The molecule has 0 radical (unpaired) electrons. The maximum absolute atomic E-state index is 15.2. The molecule has 0 spiro atoms. The minimum absolute atomic E-state index is 0.196. The van der Waals surface area contributed by atoms with Crippen molar-refractivity contribution in [2.75, 3.05) is 0 Å². The molecule has 0 saturated heterocycles. The molecule has 0 unspecified atom stereocenters. The molecule has 2 heterocycles. The van der Waals surface area contributed by atoms with Crippen LogP contribution in [0.4, 0.5) is 0 Å². The molecule has 0 saturated carbocycles. The molecule has 2 aromatic heterocycles. The maximum atomic E-state index is 15.2. The number of carbonyl (C=O) groups excluding carboxylic acids is 2. The SMILES string of the molecule is O=C1c2cccc(-c3cccc(-c4nc(-c5ccccc5)cc(-c5ccccc5)n4)c3)c2C(=O)c2c1cccc2-c1cccc(-c2nc(-c3ccccc3)cc(-c3ccccc3)n2)c1. The number of hydrogen-bond donors (Lipinski definition) is 0. The number of aromatic nitrogens is 4. The third-order valence-electron chi connectivity index (χ3n) is 11.7. The predicted octanol–water partition coefficient (Wildman–Crippen LogP) is 13.4. The van der Waals surface area contributed by atoms with Crippen LogP contribution in [-0.2, 0) is 0 Å². The third-order valence-corrected chi connectivity index (χ3v) is 11.7. The Labute approximate surface area is 370 Å². The lowest BCUT2D eigenvalue weighted by atomic mass is 9.77. The van der Waals surface area contributed by atoms with Crippen LogP contribution >= 0.6 is 0 Å². The Hall–Kier alpha value is -8.74. The van der Waals surface area contributed by atoms with Crippen molar-refractivity contribution in [2.45, 2.75) is 0 Å². The summed E-state index contributed by atoms with van der Waals surface area (Å²) < 4.78 is 0. The van der Waals surface area contributed by atoms with E-state index in [1.807, 2.05) is 206 Å². The molecule has 6 nitrogen and oxygen atoms in total. The summed E-state index contributed by atoms with van der Waals surface area (Å²) in [4.78, 5) is 49.9. The minimum atomic E-state index is -0.214. The van der Waals surface area contributed by atoms with Gasteiger partial charge in [0.2, 0.25) is 0 Å². The smallest absolute Gasteiger partial charge is 0.195 e. The molecular formula is C58H36N4O2. The van der Waals surface area contributed by atoms with E-state index in [1.54, 1.807) is 12.1 Å². The molecule has 11 rings (SSSR count). The monoisotopic (exact) mass is 820 g/mol. The molecule has 64 heavy (non-hydrogen) atoms. The molecule has 6 heteroatoms. The summed E-state index contributed by atoms with van der Waals surface area (Å²) >= 11 is 0. The molecule has 0 N–H and O–H groups in total. The van der Waals surface area contributed by atoms with E-state index in [0.717, 1.165) is 67.3 Å². The number of rotatable bonds is 8. The van der Waals surface area contributed by atoms with Gasteiger partial charge in [0.1, 0.15) is 0 Å². The van der Waals surface area contributed by atoms with Gasteiger partial charge in [-0.1, -0.05) is 194 Å². The van der Waals surface area contributed by atoms with Crippen molar-refractivity contribution in [3.8, 4) is 90.1 Å². The van der Waals surface area contributed by atoms with E-state index in [0.29, 0.717) is 45.0 Å². The Balaban J connectivity index is 1.00. The van der Waals surface area contributed by atoms with E-state index < -0.39 is 0 Å². The van der Waals surface area contributed by atoms with E-state index in [-0.39, 0.29) is 11.6 Å². The molecule has 300 valence electrons. The second kappa shape index (κ2) is 16.3. The van der Waals surface area contributed by atoms with Crippen molar-refractivity contribution in [1.29, 1.82) is 0 Å². The van der Waals surface area contributed by atoms with Crippen molar-refractivity contribution < 1.29 is 9.59 Å². The van der Waals surface area contributed by atoms with E-state index in [1.165, 1.54) is 0 Å². The Bertz CT molecular complexity index is 3070. The van der Waals surface area contributed by atoms with Gasteiger partial charge >= 0.3 is 0 Å². The Morgan fingerprint density at radius 3 is 0.859 bits per heavy atom. The summed E-state index contributed by atoms with van der Waals surface area (Å²) in [7, 11) is 0. The zero-order chi connectivity index (χ0) is 43.0. The number of nitrogens with zero attached hydrogens (tertiary/aromatic N) is 4.